The maximum atomic E-state index is 5.46. The van der Waals surface area contributed by atoms with Crippen LogP contribution in [-0.4, -0.2) is 20.3 Å². The molecule has 1 aromatic carbocycles. The van der Waals surface area contributed by atoms with Gasteiger partial charge in [0.05, 0.1) is 12.6 Å². The molecule has 0 heterocycles. The van der Waals surface area contributed by atoms with Gasteiger partial charge in [-0.15, -0.1) is 0 Å². The first-order chi connectivity index (χ1) is 7.19. The van der Waals surface area contributed by atoms with E-state index in [4.69, 9.17) is 4.74 Å². The van der Waals surface area contributed by atoms with Crippen LogP contribution in [0.5, 0.6) is 0 Å². The van der Waals surface area contributed by atoms with Gasteiger partial charge in [-0.2, -0.15) is 0 Å². The van der Waals surface area contributed by atoms with Crippen molar-refractivity contribution < 1.29 is 4.74 Å². The van der Waals surface area contributed by atoms with Crippen LogP contribution in [0.15, 0.2) is 18.2 Å². The predicted molar refractivity (Wildman–Crippen MR) is 64.2 cm³/mol. The van der Waals surface area contributed by atoms with Gasteiger partial charge in [-0.1, -0.05) is 23.8 Å². The largest absolute Gasteiger partial charge is 0.380 e. The zero-order chi connectivity index (χ0) is 11.3. The van der Waals surface area contributed by atoms with Crippen molar-refractivity contribution in [3.8, 4) is 0 Å². The Bertz CT molecular complexity index is 309. The molecule has 0 radical (unpaired) electrons. The lowest BCUT2D eigenvalue weighted by atomic mass is 10.00. The molecular formula is C13H21NO. The number of hydrogen-bond acceptors (Lipinski definition) is 2. The van der Waals surface area contributed by atoms with E-state index in [1.807, 2.05) is 14.0 Å². The molecule has 15 heavy (non-hydrogen) atoms. The molecule has 0 saturated carbocycles. The van der Waals surface area contributed by atoms with Crippen LogP contribution in [0.4, 0.5) is 0 Å². The van der Waals surface area contributed by atoms with E-state index in [-0.39, 0.29) is 0 Å². The molecule has 0 amide bonds. The van der Waals surface area contributed by atoms with Crippen molar-refractivity contribution in [1.29, 1.82) is 0 Å². The van der Waals surface area contributed by atoms with E-state index in [0.29, 0.717) is 6.04 Å². The third-order valence-corrected chi connectivity index (χ3v) is 2.64. The highest BCUT2D eigenvalue weighted by Gasteiger charge is 2.11. The number of nitrogens with one attached hydrogen (secondary N) is 1. The summed E-state index contributed by atoms with van der Waals surface area (Å²) in [5.41, 5.74) is 3.97. The number of hydrogen-bond donors (Lipinski definition) is 1. The van der Waals surface area contributed by atoms with E-state index in [9.17, 15) is 0 Å². The van der Waals surface area contributed by atoms with E-state index in [2.05, 4.69) is 37.4 Å². The third-order valence-electron chi connectivity index (χ3n) is 2.64. The first-order valence-electron chi connectivity index (χ1n) is 5.51. The maximum Gasteiger partial charge on any atom is 0.0661 e. The summed E-state index contributed by atoms with van der Waals surface area (Å²) in [6.45, 7) is 7.79. The lowest BCUT2D eigenvalue weighted by Gasteiger charge is -2.18. The molecule has 0 spiro atoms. The van der Waals surface area contributed by atoms with E-state index in [0.717, 1.165) is 13.2 Å². The Morgan fingerprint density at radius 3 is 2.60 bits per heavy atom. The van der Waals surface area contributed by atoms with Gasteiger partial charge in [-0.25, -0.2) is 0 Å². The minimum Gasteiger partial charge on any atom is -0.380 e. The molecule has 0 aliphatic rings. The summed E-state index contributed by atoms with van der Waals surface area (Å²) in [5.74, 6) is 0. The smallest absolute Gasteiger partial charge is 0.0661 e. The summed E-state index contributed by atoms with van der Waals surface area (Å²) in [6.07, 6.45) is 0. The second-order valence-corrected chi connectivity index (χ2v) is 3.86. The molecule has 84 valence electrons. The average molecular weight is 207 g/mol. The Morgan fingerprint density at radius 1 is 1.33 bits per heavy atom. The van der Waals surface area contributed by atoms with Gasteiger partial charge >= 0.3 is 0 Å². The van der Waals surface area contributed by atoms with Crippen molar-refractivity contribution in [1.82, 2.24) is 5.32 Å². The van der Waals surface area contributed by atoms with Crippen molar-refractivity contribution in [2.75, 3.05) is 20.3 Å². The van der Waals surface area contributed by atoms with Gasteiger partial charge in [0.2, 0.25) is 0 Å². The number of benzene rings is 1. The fourth-order valence-corrected chi connectivity index (χ4v) is 1.78. The number of aryl methyl sites for hydroxylation is 2. The maximum absolute atomic E-state index is 5.46. The minimum absolute atomic E-state index is 0.297. The molecule has 0 aliphatic carbocycles. The highest BCUT2D eigenvalue weighted by atomic mass is 16.5. The summed E-state index contributed by atoms with van der Waals surface area (Å²) in [6, 6.07) is 6.85. The number of ether oxygens (including phenoxy) is 1. The van der Waals surface area contributed by atoms with Gasteiger partial charge in [0.1, 0.15) is 0 Å². The monoisotopic (exact) mass is 207 g/mol. The summed E-state index contributed by atoms with van der Waals surface area (Å²) in [5, 5.41) is 3.29. The fraction of sp³-hybridized carbons (Fsp3) is 0.538. The van der Waals surface area contributed by atoms with Crippen molar-refractivity contribution in [3.05, 3.63) is 34.9 Å². The molecule has 0 saturated heterocycles. The second-order valence-electron chi connectivity index (χ2n) is 3.86. The van der Waals surface area contributed by atoms with Crippen LogP contribution in [-0.2, 0) is 4.74 Å². The zero-order valence-corrected chi connectivity index (χ0v) is 10.1. The van der Waals surface area contributed by atoms with Crippen LogP contribution >= 0.6 is 0 Å². The van der Waals surface area contributed by atoms with E-state index < -0.39 is 0 Å². The molecule has 0 fully saturated rings. The van der Waals surface area contributed by atoms with Crippen LogP contribution in [0.25, 0.3) is 0 Å². The number of rotatable bonds is 5. The highest BCUT2D eigenvalue weighted by molar-refractivity contribution is 5.32. The van der Waals surface area contributed by atoms with Crippen LogP contribution in [0.2, 0.25) is 0 Å². The molecule has 1 aromatic rings. The topological polar surface area (TPSA) is 21.3 Å². The van der Waals surface area contributed by atoms with Crippen LogP contribution in [0.3, 0.4) is 0 Å². The molecule has 1 unspecified atom stereocenters. The Labute approximate surface area is 92.6 Å². The summed E-state index contributed by atoms with van der Waals surface area (Å²) < 4.78 is 5.46. The first kappa shape index (κ1) is 12.2. The van der Waals surface area contributed by atoms with Crippen molar-refractivity contribution >= 4 is 0 Å². The molecule has 0 aliphatic heterocycles. The molecule has 1 atom stereocenters. The molecule has 0 bridgehead atoms. The summed E-state index contributed by atoms with van der Waals surface area (Å²) in [4.78, 5) is 0. The van der Waals surface area contributed by atoms with Gasteiger partial charge in [0, 0.05) is 6.61 Å². The summed E-state index contributed by atoms with van der Waals surface area (Å²) in [7, 11) is 1.98. The van der Waals surface area contributed by atoms with E-state index in [1.54, 1.807) is 0 Å². The lowest BCUT2D eigenvalue weighted by Crippen LogP contribution is -2.22. The Hall–Kier alpha value is -0.860. The normalized spacial score (nSPS) is 12.8. The molecule has 1 rings (SSSR count). The molecule has 2 nitrogen and oxygen atoms in total. The van der Waals surface area contributed by atoms with E-state index in [1.165, 1.54) is 16.7 Å². The molecule has 1 N–H and O–H groups in total. The lowest BCUT2D eigenvalue weighted by molar-refractivity contribution is 0.125. The minimum atomic E-state index is 0.297. The molecular weight excluding hydrogens is 186 g/mol. The van der Waals surface area contributed by atoms with Gasteiger partial charge < -0.3 is 10.1 Å². The van der Waals surface area contributed by atoms with Crippen LogP contribution < -0.4 is 5.32 Å². The average Bonchev–Trinajstić information content (AvgIpc) is 2.21. The predicted octanol–water partition coefficient (Wildman–Crippen LogP) is 2.60. The van der Waals surface area contributed by atoms with Crippen molar-refractivity contribution in [3.63, 3.8) is 0 Å². The second kappa shape index (κ2) is 5.89. The Kier molecular flexibility index (Phi) is 4.79. The van der Waals surface area contributed by atoms with Crippen molar-refractivity contribution in [2.45, 2.75) is 26.8 Å². The van der Waals surface area contributed by atoms with Crippen LogP contribution in [0.1, 0.15) is 29.7 Å². The van der Waals surface area contributed by atoms with Crippen LogP contribution in [0, 0.1) is 13.8 Å². The quantitative estimate of drug-likeness (QED) is 0.801. The first-order valence-corrected chi connectivity index (χ1v) is 5.51. The number of likely N-dealkylation sites (N-methyl/N-ethyl adjacent to an activating group) is 1. The van der Waals surface area contributed by atoms with Gasteiger partial charge in [-0.3, -0.25) is 0 Å². The van der Waals surface area contributed by atoms with Gasteiger partial charge in [0.25, 0.3) is 0 Å². The fourth-order valence-electron chi connectivity index (χ4n) is 1.78. The standard InChI is InChI=1S/C13H21NO/c1-5-15-9-13(14-4)12-7-6-10(2)8-11(12)3/h6-8,13-14H,5,9H2,1-4H3. The van der Waals surface area contributed by atoms with E-state index >= 15 is 0 Å². The Morgan fingerprint density at radius 2 is 2.07 bits per heavy atom. The zero-order valence-electron chi connectivity index (χ0n) is 10.1. The summed E-state index contributed by atoms with van der Waals surface area (Å²) >= 11 is 0. The van der Waals surface area contributed by atoms with Gasteiger partial charge in [0.15, 0.2) is 0 Å². The van der Waals surface area contributed by atoms with Gasteiger partial charge in [-0.05, 0) is 38.9 Å². The molecule has 0 aromatic heterocycles. The SMILES string of the molecule is CCOCC(NC)c1ccc(C)cc1C. The third kappa shape index (κ3) is 3.33. The highest BCUT2D eigenvalue weighted by Crippen LogP contribution is 2.18. The molecule has 2 heteroatoms. The van der Waals surface area contributed by atoms with Crippen molar-refractivity contribution in [2.24, 2.45) is 0 Å². The Balaban J connectivity index is 2.81.